The fourth-order valence-electron chi connectivity index (χ4n) is 0.591. The summed E-state index contributed by atoms with van der Waals surface area (Å²) in [5.74, 6) is 0.774. The first-order valence-corrected chi connectivity index (χ1v) is 5.39. The van der Waals surface area contributed by atoms with E-state index in [2.05, 4.69) is 10.2 Å². The van der Waals surface area contributed by atoms with Crippen molar-refractivity contribution >= 4 is 28.2 Å². The van der Waals surface area contributed by atoms with Crippen LogP contribution in [0.5, 0.6) is 0 Å². The summed E-state index contributed by atoms with van der Waals surface area (Å²) in [6.45, 7) is 2.16. The molecular formula is C6H11N3OS2. The fraction of sp³-hybridized carbons (Fsp3) is 0.667. The fourth-order valence-corrected chi connectivity index (χ4v) is 2.03. The standard InChI is InChI=1S/C6H11N3OS2/c1-4(2-10)11-3-5-8-9-6(7)12-5/h4,10H,2-3H2,1H3,(H2,7,9). The number of rotatable bonds is 4. The molecular weight excluding hydrogens is 194 g/mol. The number of aliphatic hydroxyl groups excluding tert-OH is 1. The second kappa shape index (κ2) is 4.64. The van der Waals surface area contributed by atoms with E-state index in [0.29, 0.717) is 5.13 Å². The molecule has 1 aromatic rings. The van der Waals surface area contributed by atoms with Gasteiger partial charge in [0.05, 0.1) is 6.61 Å². The molecule has 0 aliphatic rings. The lowest BCUT2D eigenvalue weighted by Crippen LogP contribution is -2.02. The number of aromatic nitrogens is 2. The lowest BCUT2D eigenvalue weighted by molar-refractivity contribution is 0.300. The molecule has 0 bridgehead atoms. The Hall–Kier alpha value is -0.330. The van der Waals surface area contributed by atoms with Gasteiger partial charge in [0.15, 0.2) is 0 Å². The van der Waals surface area contributed by atoms with Gasteiger partial charge in [0.25, 0.3) is 0 Å². The van der Waals surface area contributed by atoms with Gasteiger partial charge in [-0.2, -0.15) is 0 Å². The van der Waals surface area contributed by atoms with Crippen molar-refractivity contribution in [1.82, 2.24) is 10.2 Å². The molecule has 4 nitrogen and oxygen atoms in total. The van der Waals surface area contributed by atoms with Gasteiger partial charge < -0.3 is 10.8 Å². The third kappa shape index (κ3) is 2.96. The largest absolute Gasteiger partial charge is 0.395 e. The Bertz CT molecular complexity index is 240. The Morgan fingerprint density at radius 1 is 1.67 bits per heavy atom. The number of nitrogen functional groups attached to an aromatic ring is 1. The summed E-state index contributed by atoms with van der Waals surface area (Å²) in [4.78, 5) is 0. The maximum absolute atomic E-state index is 8.74. The first kappa shape index (κ1) is 9.76. The molecule has 3 N–H and O–H groups in total. The number of hydrogen-bond donors (Lipinski definition) is 2. The molecule has 0 amide bonds. The van der Waals surface area contributed by atoms with Crippen molar-refractivity contribution in [3.63, 3.8) is 0 Å². The predicted molar refractivity (Wildman–Crippen MR) is 52.2 cm³/mol. The Labute approximate surface area is 79.2 Å². The van der Waals surface area contributed by atoms with Crippen LogP contribution in [0, 0.1) is 0 Å². The normalized spacial score (nSPS) is 13.2. The van der Waals surface area contributed by atoms with Crippen LogP contribution < -0.4 is 5.73 Å². The minimum Gasteiger partial charge on any atom is -0.395 e. The van der Waals surface area contributed by atoms with Crippen molar-refractivity contribution in [1.29, 1.82) is 0 Å². The van der Waals surface area contributed by atoms with E-state index in [1.165, 1.54) is 11.3 Å². The first-order chi connectivity index (χ1) is 5.72. The number of anilines is 1. The van der Waals surface area contributed by atoms with E-state index < -0.39 is 0 Å². The Balaban J connectivity index is 2.33. The highest BCUT2D eigenvalue weighted by Gasteiger charge is 2.04. The molecule has 0 spiro atoms. The summed E-state index contributed by atoms with van der Waals surface area (Å²) >= 11 is 3.04. The molecule has 0 saturated carbocycles. The topological polar surface area (TPSA) is 72.0 Å². The Kier molecular flexibility index (Phi) is 3.77. The molecule has 1 heterocycles. The first-order valence-electron chi connectivity index (χ1n) is 3.52. The zero-order chi connectivity index (χ0) is 8.97. The molecule has 68 valence electrons. The van der Waals surface area contributed by atoms with Gasteiger partial charge in [-0.1, -0.05) is 18.3 Å². The highest BCUT2D eigenvalue weighted by Crippen LogP contribution is 2.20. The van der Waals surface area contributed by atoms with Crippen molar-refractivity contribution in [2.75, 3.05) is 12.3 Å². The molecule has 0 radical (unpaired) electrons. The van der Waals surface area contributed by atoms with E-state index in [1.54, 1.807) is 11.8 Å². The van der Waals surface area contributed by atoms with Crippen LogP contribution in [-0.2, 0) is 5.75 Å². The zero-order valence-corrected chi connectivity index (χ0v) is 8.36. The number of nitrogens with two attached hydrogens (primary N) is 1. The summed E-state index contributed by atoms with van der Waals surface area (Å²) in [6.07, 6.45) is 0. The Morgan fingerprint density at radius 3 is 2.92 bits per heavy atom. The van der Waals surface area contributed by atoms with Gasteiger partial charge in [-0.3, -0.25) is 0 Å². The molecule has 0 aliphatic heterocycles. The number of thioether (sulfide) groups is 1. The van der Waals surface area contributed by atoms with Crippen LogP contribution in [-0.4, -0.2) is 27.2 Å². The van der Waals surface area contributed by atoms with Crippen molar-refractivity contribution < 1.29 is 5.11 Å². The molecule has 1 atom stereocenters. The second-order valence-electron chi connectivity index (χ2n) is 2.34. The van der Waals surface area contributed by atoms with Gasteiger partial charge in [-0.25, -0.2) is 0 Å². The molecule has 12 heavy (non-hydrogen) atoms. The van der Waals surface area contributed by atoms with Crippen LogP contribution in [0.1, 0.15) is 11.9 Å². The molecule has 1 unspecified atom stereocenters. The highest BCUT2D eigenvalue weighted by atomic mass is 32.2. The van der Waals surface area contributed by atoms with Crippen molar-refractivity contribution in [2.24, 2.45) is 0 Å². The summed E-state index contributed by atoms with van der Waals surface area (Å²) in [6, 6.07) is 0. The van der Waals surface area contributed by atoms with E-state index in [-0.39, 0.29) is 11.9 Å². The maximum Gasteiger partial charge on any atom is 0.203 e. The maximum atomic E-state index is 8.74. The van der Waals surface area contributed by atoms with Crippen LogP contribution in [0.2, 0.25) is 0 Å². The van der Waals surface area contributed by atoms with Crippen LogP contribution in [0.4, 0.5) is 5.13 Å². The average molecular weight is 205 g/mol. The van der Waals surface area contributed by atoms with Crippen molar-refractivity contribution in [2.45, 2.75) is 17.9 Å². The molecule has 6 heteroatoms. The van der Waals surface area contributed by atoms with Gasteiger partial charge in [-0.05, 0) is 0 Å². The minimum absolute atomic E-state index is 0.193. The molecule has 0 aromatic carbocycles. The zero-order valence-electron chi connectivity index (χ0n) is 6.73. The van der Waals surface area contributed by atoms with E-state index in [0.717, 1.165) is 10.8 Å². The predicted octanol–water partition coefficient (Wildman–Crippen LogP) is 0.734. The third-order valence-electron chi connectivity index (χ3n) is 1.23. The summed E-state index contributed by atoms with van der Waals surface area (Å²) in [7, 11) is 0. The quantitative estimate of drug-likeness (QED) is 0.758. The smallest absolute Gasteiger partial charge is 0.203 e. The van der Waals surface area contributed by atoms with Crippen molar-refractivity contribution in [3.8, 4) is 0 Å². The summed E-state index contributed by atoms with van der Waals surface area (Å²) < 4.78 is 0. The number of aliphatic hydroxyl groups is 1. The van der Waals surface area contributed by atoms with E-state index in [4.69, 9.17) is 10.8 Å². The van der Waals surface area contributed by atoms with Crippen LogP contribution >= 0.6 is 23.1 Å². The lowest BCUT2D eigenvalue weighted by Gasteiger charge is -2.03. The molecule has 0 saturated heterocycles. The summed E-state index contributed by atoms with van der Waals surface area (Å²) in [5.41, 5.74) is 5.40. The molecule has 1 rings (SSSR count). The number of hydrogen-bond acceptors (Lipinski definition) is 6. The van der Waals surface area contributed by atoms with Crippen LogP contribution in [0.25, 0.3) is 0 Å². The van der Waals surface area contributed by atoms with Crippen molar-refractivity contribution in [3.05, 3.63) is 5.01 Å². The van der Waals surface area contributed by atoms with E-state index in [1.807, 2.05) is 6.92 Å². The highest BCUT2D eigenvalue weighted by molar-refractivity contribution is 7.99. The van der Waals surface area contributed by atoms with Gasteiger partial charge in [0.2, 0.25) is 5.13 Å². The molecule has 0 fully saturated rings. The summed E-state index contributed by atoms with van der Waals surface area (Å²) in [5, 5.41) is 18.0. The van der Waals surface area contributed by atoms with Gasteiger partial charge in [0, 0.05) is 11.0 Å². The molecule has 0 aliphatic carbocycles. The third-order valence-corrected chi connectivity index (χ3v) is 3.32. The Morgan fingerprint density at radius 2 is 2.42 bits per heavy atom. The minimum atomic E-state index is 0.193. The lowest BCUT2D eigenvalue weighted by atomic mass is 10.5. The van der Waals surface area contributed by atoms with Crippen LogP contribution in [0.3, 0.4) is 0 Å². The van der Waals surface area contributed by atoms with Crippen LogP contribution in [0.15, 0.2) is 0 Å². The van der Waals surface area contributed by atoms with E-state index >= 15 is 0 Å². The van der Waals surface area contributed by atoms with E-state index in [9.17, 15) is 0 Å². The van der Waals surface area contributed by atoms with Gasteiger partial charge in [0.1, 0.15) is 5.01 Å². The molecule has 1 aromatic heterocycles. The number of nitrogens with zero attached hydrogens (tertiary/aromatic N) is 2. The monoisotopic (exact) mass is 205 g/mol. The van der Waals surface area contributed by atoms with Gasteiger partial charge in [-0.15, -0.1) is 22.0 Å². The SMILES string of the molecule is CC(CO)SCc1nnc(N)s1. The second-order valence-corrected chi connectivity index (χ2v) is 4.86. The average Bonchev–Trinajstić information content (AvgIpc) is 2.47. The van der Waals surface area contributed by atoms with Gasteiger partial charge >= 0.3 is 0 Å².